The van der Waals surface area contributed by atoms with Gasteiger partial charge in [0.25, 0.3) is 0 Å². The summed E-state index contributed by atoms with van der Waals surface area (Å²) >= 11 is 3.57. The summed E-state index contributed by atoms with van der Waals surface area (Å²) in [6.45, 7) is 7.35. The van der Waals surface area contributed by atoms with Crippen LogP contribution in [0.3, 0.4) is 0 Å². The normalized spacial score (nSPS) is 13.2. The van der Waals surface area contributed by atoms with Crippen molar-refractivity contribution in [2.24, 2.45) is 7.05 Å². The summed E-state index contributed by atoms with van der Waals surface area (Å²) in [6, 6.07) is 0.492. The van der Waals surface area contributed by atoms with E-state index < -0.39 is 0 Å². The lowest BCUT2D eigenvalue weighted by Crippen LogP contribution is -2.28. The molecule has 1 atom stereocenters. The highest BCUT2D eigenvalue weighted by Crippen LogP contribution is 2.21. The SMILES string of the molecule is CCNC(C)Cc1c(Br)c(C)nn1C. The van der Waals surface area contributed by atoms with Crippen LogP contribution in [-0.4, -0.2) is 22.4 Å². The number of aryl methyl sites for hydroxylation is 2. The molecule has 1 aromatic rings. The molecule has 0 spiro atoms. The van der Waals surface area contributed by atoms with Crippen molar-refractivity contribution in [2.75, 3.05) is 6.54 Å². The molecule has 1 aromatic heterocycles. The van der Waals surface area contributed by atoms with Gasteiger partial charge in [0.1, 0.15) is 0 Å². The summed E-state index contributed by atoms with van der Waals surface area (Å²) in [7, 11) is 1.99. The van der Waals surface area contributed by atoms with Gasteiger partial charge in [0.2, 0.25) is 0 Å². The van der Waals surface area contributed by atoms with Gasteiger partial charge in [-0.15, -0.1) is 0 Å². The van der Waals surface area contributed by atoms with Crippen LogP contribution in [0.15, 0.2) is 4.47 Å². The Morgan fingerprint density at radius 1 is 1.57 bits per heavy atom. The van der Waals surface area contributed by atoms with E-state index in [-0.39, 0.29) is 0 Å². The summed E-state index contributed by atoms with van der Waals surface area (Å²) < 4.78 is 3.09. The molecule has 0 bridgehead atoms. The van der Waals surface area contributed by atoms with Gasteiger partial charge in [0.15, 0.2) is 0 Å². The van der Waals surface area contributed by atoms with Crippen LogP contribution in [0.4, 0.5) is 0 Å². The molecular formula is C10H18BrN3. The van der Waals surface area contributed by atoms with Gasteiger partial charge in [-0.25, -0.2) is 0 Å². The van der Waals surface area contributed by atoms with Gasteiger partial charge in [-0.05, 0) is 36.3 Å². The monoisotopic (exact) mass is 259 g/mol. The van der Waals surface area contributed by atoms with E-state index in [9.17, 15) is 0 Å². The molecule has 0 radical (unpaired) electrons. The fourth-order valence-electron chi connectivity index (χ4n) is 1.61. The summed E-state index contributed by atoms with van der Waals surface area (Å²) in [5.41, 5.74) is 2.32. The van der Waals surface area contributed by atoms with Crippen LogP contribution in [0.5, 0.6) is 0 Å². The highest BCUT2D eigenvalue weighted by molar-refractivity contribution is 9.10. The van der Waals surface area contributed by atoms with E-state index >= 15 is 0 Å². The Morgan fingerprint density at radius 2 is 2.21 bits per heavy atom. The molecule has 1 rings (SSSR count). The van der Waals surface area contributed by atoms with Crippen LogP contribution in [0.1, 0.15) is 25.2 Å². The molecule has 0 fully saturated rings. The molecule has 1 unspecified atom stereocenters. The molecule has 14 heavy (non-hydrogen) atoms. The van der Waals surface area contributed by atoms with Gasteiger partial charge in [-0.3, -0.25) is 4.68 Å². The molecule has 0 aliphatic rings. The summed E-state index contributed by atoms with van der Waals surface area (Å²) in [4.78, 5) is 0. The summed E-state index contributed by atoms with van der Waals surface area (Å²) in [6.07, 6.45) is 1.01. The number of nitrogens with one attached hydrogen (secondary N) is 1. The van der Waals surface area contributed by atoms with Crippen molar-refractivity contribution in [3.8, 4) is 0 Å². The number of rotatable bonds is 4. The van der Waals surface area contributed by atoms with Gasteiger partial charge in [-0.2, -0.15) is 5.10 Å². The first-order valence-electron chi connectivity index (χ1n) is 4.97. The average molecular weight is 260 g/mol. The Kier molecular flexibility index (Phi) is 4.13. The maximum atomic E-state index is 4.37. The minimum absolute atomic E-state index is 0.492. The molecule has 0 saturated carbocycles. The average Bonchev–Trinajstić information content (AvgIpc) is 2.33. The maximum Gasteiger partial charge on any atom is 0.0738 e. The number of hydrogen-bond acceptors (Lipinski definition) is 2. The number of nitrogens with zero attached hydrogens (tertiary/aromatic N) is 2. The van der Waals surface area contributed by atoms with Crippen LogP contribution < -0.4 is 5.32 Å². The van der Waals surface area contributed by atoms with Crippen molar-refractivity contribution >= 4 is 15.9 Å². The summed E-state index contributed by atoms with van der Waals surface area (Å²) in [5.74, 6) is 0. The lowest BCUT2D eigenvalue weighted by atomic mass is 10.2. The smallest absolute Gasteiger partial charge is 0.0738 e. The quantitative estimate of drug-likeness (QED) is 0.897. The third-order valence-corrected chi connectivity index (χ3v) is 3.35. The standard InChI is InChI=1S/C10H18BrN3/c1-5-12-7(2)6-9-10(11)8(3)13-14(9)4/h7,12H,5-6H2,1-4H3. The Labute approximate surface area is 94.0 Å². The van der Waals surface area contributed by atoms with Crippen molar-refractivity contribution in [2.45, 2.75) is 33.2 Å². The maximum absolute atomic E-state index is 4.37. The molecule has 4 heteroatoms. The van der Waals surface area contributed by atoms with E-state index in [1.54, 1.807) is 0 Å². The van der Waals surface area contributed by atoms with E-state index in [1.165, 1.54) is 5.69 Å². The van der Waals surface area contributed by atoms with E-state index in [4.69, 9.17) is 0 Å². The van der Waals surface area contributed by atoms with Crippen LogP contribution in [0.2, 0.25) is 0 Å². The van der Waals surface area contributed by atoms with Crippen molar-refractivity contribution < 1.29 is 0 Å². The molecule has 0 aliphatic carbocycles. The molecule has 1 heterocycles. The molecular weight excluding hydrogens is 242 g/mol. The van der Waals surface area contributed by atoms with Crippen LogP contribution in [0.25, 0.3) is 0 Å². The van der Waals surface area contributed by atoms with Gasteiger partial charge < -0.3 is 5.32 Å². The molecule has 1 N–H and O–H groups in total. The van der Waals surface area contributed by atoms with Crippen LogP contribution >= 0.6 is 15.9 Å². The molecule has 0 saturated heterocycles. The van der Waals surface area contributed by atoms with E-state index in [0.717, 1.165) is 23.1 Å². The predicted molar refractivity (Wildman–Crippen MR) is 62.5 cm³/mol. The second-order valence-corrected chi connectivity index (χ2v) is 4.43. The van der Waals surface area contributed by atoms with Crippen molar-refractivity contribution in [3.63, 3.8) is 0 Å². The fourth-order valence-corrected chi connectivity index (χ4v) is 2.11. The number of likely N-dealkylation sites (N-methyl/N-ethyl adjacent to an activating group) is 1. The minimum Gasteiger partial charge on any atom is -0.314 e. The second-order valence-electron chi connectivity index (χ2n) is 3.63. The Morgan fingerprint density at radius 3 is 2.64 bits per heavy atom. The highest BCUT2D eigenvalue weighted by Gasteiger charge is 2.12. The highest BCUT2D eigenvalue weighted by atomic mass is 79.9. The topological polar surface area (TPSA) is 29.9 Å². The Bertz CT molecular complexity index is 307. The number of hydrogen-bond donors (Lipinski definition) is 1. The predicted octanol–water partition coefficient (Wildman–Crippen LogP) is 2.03. The first kappa shape index (κ1) is 11.7. The van der Waals surface area contributed by atoms with Crippen LogP contribution in [-0.2, 0) is 13.5 Å². The van der Waals surface area contributed by atoms with Crippen molar-refractivity contribution in [1.82, 2.24) is 15.1 Å². The lowest BCUT2D eigenvalue weighted by Gasteiger charge is -2.12. The number of halogens is 1. The van der Waals surface area contributed by atoms with Crippen LogP contribution in [0, 0.1) is 6.92 Å². The van der Waals surface area contributed by atoms with Gasteiger partial charge in [-0.1, -0.05) is 6.92 Å². The third kappa shape index (κ3) is 2.58. The van der Waals surface area contributed by atoms with E-state index in [1.807, 2.05) is 18.7 Å². The minimum atomic E-state index is 0.492. The molecule has 3 nitrogen and oxygen atoms in total. The zero-order chi connectivity index (χ0) is 10.7. The zero-order valence-electron chi connectivity index (χ0n) is 9.26. The van der Waals surface area contributed by atoms with Gasteiger partial charge >= 0.3 is 0 Å². The molecule has 0 aliphatic heterocycles. The van der Waals surface area contributed by atoms with E-state index in [0.29, 0.717) is 6.04 Å². The summed E-state index contributed by atoms with van der Waals surface area (Å²) in [5, 5.41) is 7.76. The van der Waals surface area contributed by atoms with Gasteiger partial charge in [0, 0.05) is 19.5 Å². The lowest BCUT2D eigenvalue weighted by molar-refractivity contribution is 0.542. The molecule has 0 amide bonds. The third-order valence-electron chi connectivity index (χ3n) is 2.31. The first-order valence-corrected chi connectivity index (χ1v) is 5.76. The zero-order valence-corrected chi connectivity index (χ0v) is 10.8. The number of aromatic nitrogens is 2. The van der Waals surface area contributed by atoms with Crippen molar-refractivity contribution in [3.05, 3.63) is 15.9 Å². The van der Waals surface area contributed by atoms with Crippen molar-refractivity contribution in [1.29, 1.82) is 0 Å². The fraction of sp³-hybridized carbons (Fsp3) is 0.700. The second kappa shape index (κ2) is 4.94. The molecule has 0 aromatic carbocycles. The first-order chi connectivity index (χ1) is 6.56. The largest absolute Gasteiger partial charge is 0.314 e. The molecule has 80 valence electrons. The van der Waals surface area contributed by atoms with Gasteiger partial charge in [0.05, 0.1) is 15.9 Å². The Hall–Kier alpha value is -0.350. The Balaban J connectivity index is 2.75. The van der Waals surface area contributed by atoms with E-state index in [2.05, 4.69) is 40.2 Å².